The average molecular weight is 250 g/mol. The highest BCUT2D eigenvalue weighted by Crippen LogP contribution is 2.40. The maximum absolute atomic E-state index is 11.2. The third-order valence-electron chi connectivity index (χ3n) is 3.66. The van der Waals surface area contributed by atoms with Gasteiger partial charge in [-0.1, -0.05) is 19.1 Å². The molecule has 1 saturated heterocycles. The number of hydrogen-bond donors (Lipinski definition) is 1. The number of hydrogen-bond acceptors (Lipinski definition) is 3. The van der Waals surface area contributed by atoms with E-state index in [1.807, 2.05) is 31.2 Å². The summed E-state index contributed by atoms with van der Waals surface area (Å²) < 4.78 is 10.6. The molecule has 1 atom stereocenters. The zero-order valence-corrected chi connectivity index (χ0v) is 10.7. The van der Waals surface area contributed by atoms with Crippen molar-refractivity contribution in [2.75, 3.05) is 19.8 Å². The van der Waals surface area contributed by atoms with Gasteiger partial charge in [-0.15, -0.1) is 0 Å². The molecule has 4 heteroatoms. The Hall–Kier alpha value is -1.55. The van der Waals surface area contributed by atoms with Crippen LogP contribution in [-0.2, 0) is 14.9 Å². The highest BCUT2D eigenvalue weighted by Gasteiger charge is 2.48. The van der Waals surface area contributed by atoms with Crippen LogP contribution in [0.2, 0.25) is 0 Å². The first-order valence-corrected chi connectivity index (χ1v) is 6.14. The van der Waals surface area contributed by atoms with Crippen LogP contribution in [0, 0.1) is 5.92 Å². The van der Waals surface area contributed by atoms with Crippen LogP contribution < -0.4 is 4.74 Å². The van der Waals surface area contributed by atoms with Gasteiger partial charge in [0, 0.05) is 0 Å². The van der Waals surface area contributed by atoms with Crippen LogP contribution in [0.5, 0.6) is 5.75 Å². The quantitative estimate of drug-likeness (QED) is 0.869. The number of ether oxygens (including phenoxy) is 2. The first-order valence-electron chi connectivity index (χ1n) is 6.14. The summed E-state index contributed by atoms with van der Waals surface area (Å²) in [7, 11) is 0. The van der Waals surface area contributed by atoms with Crippen LogP contribution in [-0.4, -0.2) is 30.9 Å². The molecule has 0 spiro atoms. The van der Waals surface area contributed by atoms with E-state index in [4.69, 9.17) is 9.47 Å². The molecule has 1 N–H and O–H groups in total. The van der Waals surface area contributed by atoms with Gasteiger partial charge in [0.15, 0.2) is 0 Å². The van der Waals surface area contributed by atoms with Crippen molar-refractivity contribution >= 4 is 5.97 Å². The Morgan fingerprint density at radius 2 is 2.06 bits per heavy atom. The van der Waals surface area contributed by atoms with Gasteiger partial charge in [-0.25, -0.2) is 0 Å². The molecular weight excluding hydrogens is 232 g/mol. The van der Waals surface area contributed by atoms with Crippen LogP contribution in [0.4, 0.5) is 0 Å². The number of aliphatic carboxylic acids is 1. The summed E-state index contributed by atoms with van der Waals surface area (Å²) in [5, 5.41) is 9.20. The highest BCUT2D eigenvalue weighted by atomic mass is 16.5. The maximum atomic E-state index is 11.2. The van der Waals surface area contributed by atoms with Gasteiger partial charge in [0.1, 0.15) is 5.75 Å². The molecule has 18 heavy (non-hydrogen) atoms. The monoisotopic (exact) mass is 250 g/mol. The number of rotatable bonds is 5. The summed E-state index contributed by atoms with van der Waals surface area (Å²) in [6, 6.07) is 7.64. The molecule has 1 heterocycles. The third kappa shape index (κ3) is 2.08. The van der Waals surface area contributed by atoms with Crippen molar-refractivity contribution in [3.63, 3.8) is 0 Å². The summed E-state index contributed by atoms with van der Waals surface area (Å²) in [6.45, 7) is 5.23. The molecule has 1 aliphatic heterocycles. The van der Waals surface area contributed by atoms with Crippen molar-refractivity contribution in [3.05, 3.63) is 29.8 Å². The fourth-order valence-electron chi connectivity index (χ4n) is 2.27. The first kappa shape index (κ1) is 12.9. The van der Waals surface area contributed by atoms with Crippen molar-refractivity contribution in [2.24, 2.45) is 5.92 Å². The molecular formula is C14H18O4. The Kier molecular flexibility index (Phi) is 3.57. The number of benzene rings is 1. The lowest BCUT2D eigenvalue weighted by Crippen LogP contribution is -2.53. The van der Waals surface area contributed by atoms with Crippen LogP contribution in [0.15, 0.2) is 24.3 Å². The minimum Gasteiger partial charge on any atom is -0.494 e. The van der Waals surface area contributed by atoms with Gasteiger partial charge in [0.2, 0.25) is 0 Å². The topological polar surface area (TPSA) is 55.8 Å². The van der Waals surface area contributed by atoms with Crippen LogP contribution in [0.1, 0.15) is 19.4 Å². The molecule has 1 fully saturated rings. The lowest BCUT2D eigenvalue weighted by Gasteiger charge is -2.44. The number of carboxylic acid groups (broad SMARTS) is 1. The van der Waals surface area contributed by atoms with Crippen molar-refractivity contribution in [1.29, 1.82) is 0 Å². The Morgan fingerprint density at radius 1 is 1.44 bits per heavy atom. The lowest BCUT2D eigenvalue weighted by atomic mass is 9.69. The van der Waals surface area contributed by atoms with E-state index in [1.165, 1.54) is 0 Å². The summed E-state index contributed by atoms with van der Waals surface area (Å²) in [6.07, 6.45) is 0. The third-order valence-corrected chi connectivity index (χ3v) is 3.66. The van der Waals surface area contributed by atoms with Crippen molar-refractivity contribution < 1.29 is 19.4 Å². The van der Waals surface area contributed by atoms with Gasteiger partial charge in [0.25, 0.3) is 0 Å². The summed E-state index contributed by atoms with van der Waals surface area (Å²) >= 11 is 0. The van der Waals surface area contributed by atoms with E-state index < -0.39 is 17.3 Å². The SMILES string of the molecule is CCOc1ccc(C2(C(C)C(=O)O)COC2)cc1. The molecule has 0 saturated carbocycles. The van der Waals surface area contributed by atoms with Gasteiger partial charge in [-0.05, 0) is 24.6 Å². The van der Waals surface area contributed by atoms with Crippen LogP contribution in [0.25, 0.3) is 0 Å². The van der Waals surface area contributed by atoms with Gasteiger partial charge in [-0.3, -0.25) is 4.79 Å². The molecule has 1 aliphatic rings. The molecule has 0 bridgehead atoms. The van der Waals surface area contributed by atoms with Crippen molar-refractivity contribution in [2.45, 2.75) is 19.3 Å². The summed E-state index contributed by atoms with van der Waals surface area (Å²) in [5.41, 5.74) is 0.614. The zero-order valence-electron chi connectivity index (χ0n) is 10.7. The summed E-state index contributed by atoms with van der Waals surface area (Å²) in [4.78, 5) is 11.2. The second-order valence-electron chi connectivity index (χ2n) is 4.67. The Bertz CT molecular complexity index is 420. The molecule has 0 amide bonds. The van der Waals surface area contributed by atoms with E-state index in [1.54, 1.807) is 6.92 Å². The molecule has 0 aliphatic carbocycles. The fourth-order valence-corrected chi connectivity index (χ4v) is 2.27. The Balaban J connectivity index is 2.25. The predicted octanol–water partition coefficient (Wildman–Crippen LogP) is 2.07. The Morgan fingerprint density at radius 3 is 2.44 bits per heavy atom. The van der Waals surface area contributed by atoms with E-state index in [0.29, 0.717) is 19.8 Å². The predicted molar refractivity (Wildman–Crippen MR) is 66.9 cm³/mol. The van der Waals surface area contributed by atoms with Crippen molar-refractivity contribution in [1.82, 2.24) is 0 Å². The van der Waals surface area contributed by atoms with Crippen molar-refractivity contribution in [3.8, 4) is 5.75 Å². The molecule has 1 unspecified atom stereocenters. The maximum Gasteiger partial charge on any atom is 0.307 e. The van der Waals surface area contributed by atoms with E-state index >= 15 is 0 Å². The van der Waals surface area contributed by atoms with Gasteiger partial charge in [-0.2, -0.15) is 0 Å². The zero-order chi connectivity index (χ0) is 13.2. The lowest BCUT2D eigenvalue weighted by molar-refractivity contribution is -0.155. The molecule has 1 aromatic carbocycles. The molecule has 2 rings (SSSR count). The average Bonchev–Trinajstić information content (AvgIpc) is 2.30. The van der Waals surface area contributed by atoms with Gasteiger partial charge >= 0.3 is 5.97 Å². The number of carbonyl (C=O) groups is 1. The Labute approximate surface area is 107 Å². The minimum absolute atomic E-state index is 0.392. The minimum atomic E-state index is -0.785. The second kappa shape index (κ2) is 4.98. The van der Waals surface area contributed by atoms with E-state index in [-0.39, 0.29) is 0 Å². The highest BCUT2D eigenvalue weighted by molar-refractivity contribution is 5.72. The van der Waals surface area contributed by atoms with Crippen LogP contribution >= 0.6 is 0 Å². The molecule has 1 aromatic rings. The van der Waals surface area contributed by atoms with E-state index in [0.717, 1.165) is 11.3 Å². The normalized spacial score (nSPS) is 18.8. The molecule has 0 radical (unpaired) electrons. The summed E-state index contributed by atoms with van der Waals surface area (Å²) in [5.74, 6) is -0.434. The molecule has 4 nitrogen and oxygen atoms in total. The standard InChI is InChI=1S/C14H18O4/c1-3-18-12-6-4-11(5-7-12)14(8-17-9-14)10(2)13(15)16/h4-7,10H,3,8-9H2,1-2H3,(H,15,16). The molecule has 98 valence electrons. The smallest absolute Gasteiger partial charge is 0.307 e. The van der Waals surface area contributed by atoms with Gasteiger partial charge < -0.3 is 14.6 Å². The van der Waals surface area contributed by atoms with E-state index in [9.17, 15) is 9.90 Å². The fraction of sp³-hybridized carbons (Fsp3) is 0.500. The van der Waals surface area contributed by atoms with E-state index in [2.05, 4.69) is 0 Å². The largest absolute Gasteiger partial charge is 0.494 e. The number of carboxylic acids is 1. The van der Waals surface area contributed by atoms with Gasteiger partial charge in [0.05, 0.1) is 31.2 Å². The first-order chi connectivity index (χ1) is 8.60. The second-order valence-corrected chi connectivity index (χ2v) is 4.67. The molecule has 0 aromatic heterocycles. The van der Waals surface area contributed by atoms with Crippen LogP contribution in [0.3, 0.4) is 0 Å².